The first-order valence-corrected chi connectivity index (χ1v) is 6.79. The smallest absolute Gasteiger partial charge is 0.119 e. The third-order valence-electron chi connectivity index (χ3n) is 2.84. The van der Waals surface area contributed by atoms with Crippen LogP contribution in [0.25, 0.3) is 0 Å². The number of hydrogen-bond acceptors (Lipinski definition) is 3. The molecule has 19 heavy (non-hydrogen) atoms. The number of hydrogen-bond donors (Lipinski definition) is 1. The summed E-state index contributed by atoms with van der Waals surface area (Å²) in [6.07, 6.45) is 7.81. The number of rotatable bonds is 9. The molecule has 0 aliphatic carbocycles. The number of nitrogens with one attached hydrogen (secondary N) is 1. The van der Waals surface area contributed by atoms with Gasteiger partial charge in [0, 0.05) is 18.9 Å². The number of nitrogens with zero attached hydrogens (tertiary/aromatic N) is 2. The zero-order valence-electron chi connectivity index (χ0n) is 11.2. The van der Waals surface area contributed by atoms with Gasteiger partial charge in [-0.25, -0.2) is 4.98 Å². The van der Waals surface area contributed by atoms with Gasteiger partial charge in [0.1, 0.15) is 5.75 Å². The molecular weight excluding hydrogens is 238 g/mol. The second-order valence-electron chi connectivity index (χ2n) is 4.42. The van der Waals surface area contributed by atoms with Crippen LogP contribution in [0, 0.1) is 0 Å². The molecule has 2 aromatic rings. The van der Waals surface area contributed by atoms with Crippen LogP contribution in [-0.2, 0) is 6.54 Å². The lowest BCUT2D eigenvalue weighted by atomic mass is 10.3. The molecule has 0 unspecified atom stereocenters. The fourth-order valence-electron chi connectivity index (χ4n) is 1.83. The Balaban J connectivity index is 1.42. The Morgan fingerprint density at radius 1 is 1.11 bits per heavy atom. The molecule has 1 aromatic heterocycles. The highest BCUT2D eigenvalue weighted by atomic mass is 16.5. The lowest BCUT2D eigenvalue weighted by Gasteiger charge is -2.07. The van der Waals surface area contributed by atoms with Gasteiger partial charge in [0.25, 0.3) is 0 Å². The van der Waals surface area contributed by atoms with Crippen LogP contribution >= 0.6 is 0 Å². The van der Waals surface area contributed by atoms with Crippen molar-refractivity contribution in [3.05, 3.63) is 49.1 Å². The van der Waals surface area contributed by atoms with Gasteiger partial charge in [-0.3, -0.25) is 0 Å². The van der Waals surface area contributed by atoms with Crippen molar-refractivity contribution in [1.82, 2.24) is 14.9 Å². The highest BCUT2D eigenvalue weighted by Crippen LogP contribution is 2.07. The number of ether oxygens (including phenoxy) is 1. The lowest BCUT2D eigenvalue weighted by molar-refractivity contribution is 0.308. The molecule has 1 heterocycles. The Kier molecular flexibility index (Phi) is 5.96. The topological polar surface area (TPSA) is 39.1 Å². The maximum absolute atomic E-state index is 5.62. The van der Waals surface area contributed by atoms with Crippen molar-refractivity contribution < 1.29 is 4.74 Å². The predicted molar refractivity (Wildman–Crippen MR) is 76.3 cm³/mol. The van der Waals surface area contributed by atoms with E-state index in [0.29, 0.717) is 0 Å². The van der Waals surface area contributed by atoms with Gasteiger partial charge in [0.2, 0.25) is 0 Å². The molecule has 0 radical (unpaired) electrons. The largest absolute Gasteiger partial charge is 0.494 e. The molecule has 1 aromatic carbocycles. The maximum Gasteiger partial charge on any atom is 0.119 e. The first-order valence-electron chi connectivity index (χ1n) is 6.79. The summed E-state index contributed by atoms with van der Waals surface area (Å²) in [5, 5.41) is 3.42. The fourth-order valence-corrected chi connectivity index (χ4v) is 1.83. The second kappa shape index (κ2) is 8.32. The molecule has 0 spiro atoms. The summed E-state index contributed by atoms with van der Waals surface area (Å²) in [7, 11) is 0. The highest BCUT2D eigenvalue weighted by Gasteiger charge is 1.93. The van der Waals surface area contributed by atoms with Crippen molar-refractivity contribution in [2.45, 2.75) is 19.4 Å². The Labute approximate surface area is 114 Å². The summed E-state index contributed by atoms with van der Waals surface area (Å²) in [6.45, 7) is 3.81. The molecule has 0 atom stereocenters. The third kappa shape index (κ3) is 5.57. The van der Waals surface area contributed by atoms with Gasteiger partial charge in [-0.15, -0.1) is 0 Å². The van der Waals surface area contributed by atoms with Gasteiger partial charge >= 0.3 is 0 Å². The van der Waals surface area contributed by atoms with E-state index in [-0.39, 0.29) is 0 Å². The Morgan fingerprint density at radius 2 is 1.95 bits per heavy atom. The van der Waals surface area contributed by atoms with Gasteiger partial charge in [0.05, 0.1) is 12.9 Å². The van der Waals surface area contributed by atoms with Crippen molar-refractivity contribution in [3.8, 4) is 5.75 Å². The van der Waals surface area contributed by atoms with Crippen LogP contribution < -0.4 is 10.1 Å². The van der Waals surface area contributed by atoms with Gasteiger partial charge < -0.3 is 14.6 Å². The average Bonchev–Trinajstić information content (AvgIpc) is 2.96. The van der Waals surface area contributed by atoms with E-state index in [2.05, 4.69) is 14.9 Å². The number of aryl methyl sites for hydroxylation is 1. The molecule has 0 saturated carbocycles. The van der Waals surface area contributed by atoms with Gasteiger partial charge in [-0.2, -0.15) is 0 Å². The molecule has 0 saturated heterocycles. The molecule has 0 amide bonds. The first kappa shape index (κ1) is 13.6. The van der Waals surface area contributed by atoms with Crippen LogP contribution in [0.15, 0.2) is 49.1 Å². The summed E-state index contributed by atoms with van der Waals surface area (Å²) in [4.78, 5) is 4.02. The zero-order chi connectivity index (χ0) is 13.2. The lowest BCUT2D eigenvalue weighted by Crippen LogP contribution is -2.19. The van der Waals surface area contributed by atoms with Crippen molar-refractivity contribution in [1.29, 1.82) is 0 Å². The van der Waals surface area contributed by atoms with E-state index in [9.17, 15) is 0 Å². The number of para-hydroxylation sites is 1. The summed E-state index contributed by atoms with van der Waals surface area (Å²) >= 11 is 0. The van der Waals surface area contributed by atoms with E-state index < -0.39 is 0 Å². The Bertz CT molecular complexity index is 428. The van der Waals surface area contributed by atoms with Crippen LogP contribution in [-0.4, -0.2) is 29.2 Å². The first-order chi connectivity index (χ1) is 9.45. The highest BCUT2D eigenvalue weighted by molar-refractivity contribution is 5.20. The van der Waals surface area contributed by atoms with Gasteiger partial charge in [-0.1, -0.05) is 18.2 Å². The minimum absolute atomic E-state index is 0.762. The van der Waals surface area contributed by atoms with Crippen molar-refractivity contribution in [2.24, 2.45) is 0 Å². The van der Waals surface area contributed by atoms with Crippen LogP contribution in [0.2, 0.25) is 0 Å². The quantitative estimate of drug-likeness (QED) is 0.702. The van der Waals surface area contributed by atoms with Crippen LogP contribution in [0.4, 0.5) is 0 Å². The average molecular weight is 259 g/mol. The van der Waals surface area contributed by atoms with E-state index in [4.69, 9.17) is 4.74 Å². The SMILES string of the molecule is c1ccc(OCCCNCCCn2ccnc2)cc1. The third-order valence-corrected chi connectivity index (χ3v) is 2.84. The molecule has 0 fully saturated rings. The summed E-state index contributed by atoms with van der Waals surface area (Å²) < 4.78 is 7.72. The van der Waals surface area contributed by atoms with E-state index in [1.807, 2.05) is 49.1 Å². The molecule has 4 heteroatoms. The van der Waals surface area contributed by atoms with E-state index >= 15 is 0 Å². The summed E-state index contributed by atoms with van der Waals surface area (Å²) in [5.41, 5.74) is 0. The van der Waals surface area contributed by atoms with Crippen LogP contribution in [0.5, 0.6) is 5.75 Å². The van der Waals surface area contributed by atoms with E-state index in [1.54, 1.807) is 0 Å². The van der Waals surface area contributed by atoms with Crippen LogP contribution in [0.3, 0.4) is 0 Å². The normalized spacial score (nSPS) is 10.5. The standard InChI is InChI=1S/C15H21N3O/c1-2-6-15(7-3-1)19-13-5-9-16-8-4-11-18-12-10-17-14-18/h1-3,6-7,10,12,14,16H,4-5,8-9,11,13H2. The van der Waals surface area contributed by atoms with Gasteiger partial charge in [-0.05, 0) is 38.1 Å². The maximum atomic E-state index is 5.62. The molecule has 2 rings (SSSR count). The monoisotopic (exact) mass is 259 g/mol. The predicted octanol–water partition coefficient (Wildman–Crippen LogP) is 2.33. The number of aromatic nitrogens is 2. The summed E-state index contributed by atoms with van der Waals surface area (Å²) in [5.74, 6) is 0.947. The minimum Gasteiger partial charge on any atom is -0.494 e. The molecule has 0 aliphatic heterocycles. The molecule has 102 valence electrons. The minimum atomic E-state index is 0.762. The van der Waals surface area contributed by atoms with Crippen molar-refractivity contribution >= 4 is 0 Å². The molecule has 4 nitrogen and oxygen atoms in total. The number of benzene rings is 1. The molecule has 0 bridgehead atoms. The van der Waals surface area contributed by atoms with Crippen molar-refractivity contribution in [2.75, 3.05) is 19.7 Å². The zero-order valence-corrected chi connectivity index (χ0v) is 11.2. The molecule has 1 N–H and O–H groups in total. The van der Waals surface area contributed by atoms with Gasteiger partial charge in [0.15, 0.2) is 0 Å². The fraction of sp³-hybridized carbons (Fsp3) is 0.400. The van der Waals surface area contributed by atoms with E-state index in [1.165, 1.54) is 0 Å². The van der Waals surface area contributed by atoms with E-state index in [0.717, 1.165) is 44.8 Å². The molecule has 0 aliphatic rings. The Morgan fingerprint density at radius 3 is 2.74 bits per heavy atom. The van der Waals surface area contributed by atoms with Crippen molar-refractivity contribution in [3.63, 3.8) is 0 Å². The number of imidazole rings is 1. The molecular formula is C15H21N3O. The van der Waals surface area contributed by atoms with Crippen LogP contribution in [0.1, 0.15) is 12.8 Å². The Hall–Kier alpha value is -1.81. The summed E-state index contributed by atoms with van der Waals surface area (Å²) in [6, 6.07) is 9.94. The second-order valence-corrected chi connectivity index (χ2v) is 4.42.